The van der Waals surface area contributed by atoms with Crippen LogP contribution in [0.25, 0.3) is 0 Å². The lowest BCUT2D eigenvalue weighted by molar-refractivity contribution is 0.552. The molecule has 0 aromatic heterocycles. The molecule has 0 fully saturated rings. The number of hydrogen-bond acceptors (Lipinski definition) is 1. The third-order valence-electron chi connectivity index (χ3n) is 2.75. The topological polar surface area (TPSA) is 26.0 Å². The predicted molar refractivity (Wildman–Crippen MR) is 71.5 cm³/mol. The van der Waals surface area contributed by atoms with Gasteiger partial charge in [-0.15, -0.1) is 0 Å². The van der Waals surface area contributed by atoms with Crippen molar-refractivity contribution in [1.82, 2.24) is 0 Å². The molecule has 2 aromatic rings. The van der Waals surface area contributed by atoms with Crippen molar-refractivity contribution in [3.05, 3.63) is 68.2 Å². The number of nitrogens with two attached hydrogens (primary N) is 1. The van der Waals surface area contributed by atoms with Crippen LogP contribution in [0.5, 0.6) is 0 Å². The molecule has 0 saturated carbocycles. The fraction of sp³-hybridized carbons (Fsp3) is 0.0769. The molecule has 0 spiro atoms. The number of halogens is 6. The van der Waals surface area contributed by atoms with Crippen molar-refractivity contribution >= 4 is 27.5 Å². The molecule has 0 saturated heterocycles. The summed E-state index contributed by atoms with van der Waals surface area (Å²) in [5.41, 5.74) is 5.09. The van der Waals surface area contributed by atoms with E-state index in [0.717, 1.165) is 24.3 Å². The monoisotopic (exact) mass is 367 g/mol. The number of benzene rings is 2. The lowest BCUT2D eigenvalue weighted by Crippen LogP contribution is -2.16. The van der Waals surface area contributed by atoms with Gasteiger partial charge in [-0.05, 0) is 40.2 Å². The van der Waals surface area contributed by atoms with Crippen LogP contribution < -0.4 is 5.73 Å². The fourth-order valence-electron chi connectivity index (χ4n) is 1.72. The molecule has 1 unspecified atom stereocenters. The third-order valence-corrected chi connectivity index (χ3v) is 3.65. The summed E-state index contributed by atoms with van der Waals surface area (Å²) in [6, 6.07) is 1.84. The molecule has 0 heterocycles. The van der Waals surface area contributed by atoms with Gasteiger partial charge in [-0.25, -0.2) is 17.6 Å². The lowest BCUT2D eigenvalue weighted by Gasteiger charge is -2.15. The Balaban J connectivity index is 2.54. The predicted octanol–water partition coefficient (Wildman–Crippen LogP) is 4.71. The molecule has 20 heavy (non-hydrogen) atoms. The zero-order valence-electron chi connectivity index (χ0n) is 9.73. The average molecular weight is 369 g/mol. The number of hydrogen-bond donors (Lipinski definition) is 1. The Bertz CT molecular complexity index is 620. The van der Waals surface area contributed by atoms with Crippen LogP contribution in [0.15, 0.2) is 28.7 Å². The van der Waals surface area contributed by atoms with E-state index in [1.54, 1.807) is 0 Å². The van der Waals surface area contributed by atoms with Crippen molar-refractivity contribution in [2.45, 2.75) is 6.04 Å². The highest BCUT2D eigenvalue weighted by molar-refractivity contribution is 9.10. The molecular weight excluding hydrogens is 361 g/mol. The second-order valence-corrected chi connectivity index (χ2v) is 5.31. The first-order valence-electron chi connectivity index (χ1n) is 5.35. The Morgan fingerprint density at radius 2 is 1.35 bits per heavy atom. The van der Waals surface area contributed by atoms with Crippen LogP contribution in [0.4, 0.5) is 17.6 Å². The van der Waals surface area contributed by atoms with Gasteiger partial charge in [-0.1, -0.05) is 11.6 Å². The minimum absolute atomic E-state index is 0.0892. The second kappa shape index (κ2) is 5.71. The standard InChI is InChI=1S/C13H7BrClF4N/c14-7-3-9(16)5(1-11(7)18)13(20)6-2-12(19)8(15)4-10(6)17/h1-4,13H,20H2. The van der Waals surface area contributed by atoms with Crippen LogP contribution in [0, 0.1) is 23.3 Å². The molecule has 2 N–H and O–H groups in total. The van der Waals surface area contributed by atoms with Crippen LogP contribution in [0.3, 0.4) is 0 Å². The van der Waals surface area contributed by atoms with Gasteiger partial charge in [-0.2, -0.15) is 0 Å². The van der Waals surface area contributed by atoms with Crippen LogP contribution in [-0.2, 0) is 0 Å². The van der Waals surface area contributed by atoms with Crippen molar-refractivity contribution in [2.75, 3.05) is 0 Å². The van der Waals surface area contributed by atoms with Gasteiger partial charge in [0, 0.05) is 11.1 Å². The van der Waals surface area contributed by atoms with Gasteiger partial charge in [0.25, 0.3) is 0 Å². The largest absolute Gasteiger partial charge is 0.320 e. The first kappa shape index (κ1) is 15.3. The Morgan fingerprint density at radius 3 is 1.95 bits per heavy atom. The van der Waals surface area contributed by atoms with Gasteiger partial charge in [-0.3, -0.25) is 0 Å². The maximum atomic E-state index is 13.8. The van der Waals surface area contributed by atoms with Crippen LogP contribution in [0.1, 0.15) is 17.2 Å². The minimum atomic E-state index is -1.36. The Morgan fingerprint density at radius 1 is 0.850 bits per heavy atom. The smallest absolute Gasteiger partial charge is 0.142 e. The summed E-state index contributed by atoms with van der Waals surface area (Å²) in [6.07, 6.45) is 0. The zero-order valence-corrected chi connectivity index (χ0v) is 12.1. The van der Waals surface area contributed by atoms with Gasteiger partial charge in [0.2, 0.25) is 0 Å². The van der Waals surface area contributed by atoms with E-state index in [-0.39, 0.29) is 15.6 Å². The van der Waals surface area contributed by atoms with E-state index in [2.05, 4.69) is 15.9 Å². The highest BCUT2D eigenvalue weighted by Crippen LogP contribution is 2.30. The molecule has 0 amide bonds. The summed E-state index contributed by atoms with van der Waals surface area (Å²) >= 11 is 8.23. The van der Waals surface area contributed by atoms with Gasteiger partial charge in [0.1, 0.15) is 23.3 Å². The first-order chi connectivity index (χ1) is 9.31. The van der Waals surface area contributed by atoms with Crippen LogP contribution in [0.2, 0.25) is 5.02 Å². The van der Waals surface area contributed by atoms with E-state index in [9.17, 15) is 17.6 Å². The highest BCUT2D eigenvalue weighted by atomic mass is 79.9. The molecular formula is C13H7BrClF4N. The maximum Gasteiger partial charge on any atom is 0.142 e. The third kappa shape index (κ3) is 2.82. The maximum absolute atomic E-state index is 13.8. The zero-order chi connectivity index (χ0) is 15.0. The molecule has 2 rings (SSSR count). The van der Waals surface area contributed by atoms with E-state index in [4.69, 9.17) is 17.3 Å². The van der Waals surface area contributed by atoms with E-state index < -0.39 is 34.3 Å². The Hall–Kier alpha value is -1.11. The summed E-state index contributed by atoms with van der Waals surface area (Å²) in [7, 11) is 0. The van der Waals surface area contributed by atoms with Crippen LogP contribution in [-0.4, -0.2) is 0 Å². The van der Waals surface area contributed by atoms with Gasteiger partial charge >= 0.3 is 0 Å². The molecule has 0 aliphatic carbocycles. The highest BCUT2D eigenvalue weighted by Gasteiger charge is 2.21. The normalized spacial score (nSPS) is 12.6. The molecule has 0 radical (unpaired) electrons. The van der Waals surface area contributed by atoms with Gasteiger partial charge in [0.15, 0.2) is 0 Å². The van der Waals surface area contributed by atoms with Crippen molar-refractivity contribution in [3.8, 4) is 0 Å². The van der Waals surface area contributed by atoms with E-state index in [1.165, 1.54) is 0 Å². The molecule has 1 nitrogen and oxygen atoms in total. The molecule has 2 aromatic carbocycles. The summed E-state index contributed by atoms with van der Waals surface area (Å²) in [6.45, 7) is 0. The van der Waals surface area contributed by atoms with E-state index in [1.807, 2.05) is 0 Å². The van der Waals surface area contributed by atoms with Gasteiger partial charge in [0.05, 0.1) is 15.5 Å². The quantitative estimate of drug-likeness (QED) is 0.603. The number of rotatable bonds is 2. The summed E-state index contributed by atoms with van der Waals surface area (Å²) in [5, 5.41) is -0.416. The van der Waals surface area contributed by atoms with E-state index in [0.29, 0.717) is 0 Å². The molecule has 0 bridgehead atoms. The first-order valence-corrected chi connectivity index (χ1v) is 6.52. The SMILES string of the molecule is NC(c1cc(F)c(Cl)cc1F)c1cc(F)c(Br)cc1F. The minimum Gasteiger partial charge on any atom is -0.320 e. The molecule has 0 aliphatic rings. The lowest BCUT2D eigenvalue weighted by atomic mass is 9.98. The molecule has 7 heteroatoms. The fourth-order valence-corrected chi connectivity index (χ4v) is 2.19. The Kier molecular flexibility index (Phi) is 4.36. The second-order valence-electron chi connectivity index (χ2n) is 4.05. The molecule has 0 aliphatic heterocycles. The van der Waals surface area contributed by atoms with Gasteiger partial charge < -0.3 is 5.73 Å². The molecule has 1 atom stereocenters. The average Bonchev–Trinajstić information content (AvgIpc) is 2.37. The van der Waals surface area contributed by atoms with Crippen molar-refractivity contribution in [2.24, 2.45) is 5.73 Å². The summed E-state index contributed by atoms with van der Waals surface area (Å²) < 4.78 is 54.2. The summed E-state index contributed by atoms with van der Waals surface area (Å²) in [5.74, 6) is -3.38. The summed E-state index contributed by atoms with van der Waals surface area (Å²) in [4.78, 5) is 0. The van der Waals surface area contributed by atoms with Crippen molar-refractivity contribution < 1.29 is 17.6 Å². The van der Waals surface area contributed by atoms with Crippen LogP contribution >= 0.6 is 27.5 Å². The Labute approximate surface area is 125 Å². The molecule has 106 valence electrons. The van der Waals surface area contributed by atoms with E-state index >= 15 is 0 Å². The van der Waals surface area contributed by atoms with Crippen molar-refractivity contribution in [3.63, 3.8) is 0 Å². The van der Waals surface area contributed by atoms with Crippen molar-refractivity contribution in [1.29, 1.82) is 0 Å².